The summed E-state index contributed by atoms with van der Waals surface area (Å²) in [7, 11) is 1.32. The van der Waals surface area contributed by atoms with E-state index in [-0.39, 0.29) is 0 Å². The zero-order chi connectivity index (χ0) is 18.0. The number of fused-ring (bicyclic) bond motifs is 1. The van der Waals surface area contributed by atoms with Gasteiger partial charge in [0.05, 0.1) is 24.9 Å². The van der Waals surface area contributed by atoms with E-state index in [0.29, 0.717) is 27.3 Å². The summed E-state index contributed by atoms with van der Waals surface area (Å²) >= 11 is 18.3. The van der Waals surface area contributed by atoms with Gasteiger partial charge in [0, 0.05) is 26.5 Å². The van der Waals surface area contributed by atoms with Crippen molar-refractivity contribution in [3.63, 3.8) is 0 Å². The van der Waals surface area contributed by atoms with E-state index in [1.165, 1.54) is 13.2 Å². The number of benzene rings is 2. The number of methoxy groups -OCH3 is 1. The van der Waals surface area contributed by atoms with Gasteiger partial charge < -0.3 is 4.74 Å². The highest BCUT2D eigenvalue weighted by Crippen LogP contribution is 2.27. The van der Waals surface area contributed by atoms with Crippen molar-refractivity contribution in [3.05, 3.63) is 68.8 Å². The summed E-state index contributed by atoms with van der Waals surface area (Å²) in [5.74, 6) is -0.453. The molecule has 2 aromatic carbocycles. The van der Waals surface area contributed by atoms with Gasteiger partial charge in [0.25, 0.3) is 0 Å². The number of hydrogen-bond donors (Lipinski definition) is 0. The Bertz CT molecular complexity index is 980. The van der Waals surface area contributed by atoms with Crippen LogP contribution in [0.3, 0.4) is 0 Å². The van der Waals surface area contributed by atoms with Crippen molar-refractivity contribution in [1.29, 1.82) is 0 Å². The minimum Gasteiger partial charge on any atom is -0.466 e. The van der Waals surface area contributed by atoms with Crippen LogP contribution in [0.15, 0.2) is 42.5 Å². The van der Waals surface area contributed by atoms with Crippen LogP contribution in [0.2, 0.25) is 15.1 Å². The van der Waals surface area contributed by atoms with Gasteiger partial charge in [-0.2, -0.15) is 5.10 Å². The van der Waals surface area contributed by atoms with Gasteiger partial charge in [-0.15, -0.1) is 0 Å². The predicted molar refractivity (Wildman–Crippen MR) is 101 cm³/mol. The summed E-state index contributed by atoms with van der Waals surface area (Å²) in [6.07, 6.45) is 2.92. The van der Waals surface area contributed by atoms with Gasteiger partial charge in [-0.1, -0.05) is 40.9 Å². The van der Waals surface area contributed by atoms with Crippen molar-refractivity contribution >= 4 is 57.8 Å². The largest absolute Gasteiger partial charge is 0.466 e. The molecule has 128 valence electrons. The highest BCUT2D eigenvalue weighted by molar-refractivity contribution is 6.35. The number of carbonyl (C=O) groups is 1. The number of hydrogen-bond acceptors (Lipinski definition) is 3. The summed E-state index contributed by atoms with van der Waals surface area (Å²) in [4.78, 5) is 11.4. The Kier molecular flexibility index (Phi) is 5.33. The summed E-state index contributed by atoms with van der Waals surface area (Å²) in [5.41, 5.74) is 2.38. The van der Waals surface area contributed by atoms with E-state index in [1.54, 1.807) is 35.0 Å². The number of aromatic nitrogens is 2. The Balaban J connectivity index is 2.06. The van der Waals surface area contributed by atoms with E-state index in [9.17, 15) is 4.79 Å². The first-order chi connectivity index (χ1) is 12.0. The number of carbonyl (C=O) groups excluding carboxylic acids is 1. The molecule has 25 heavy (non-hydrogen) atoms. The minimum absolute atomic E-state index is 0.453. The van der Waals surface area contributed by atoms with Gasteiger partial charge in [0.15, 0.2) is 0 Å². The Hall–Kier alpha value is -2.01. The van der Waals surface area contributed by atoms with Crippen LogP contribution in [0, 0.1) is 0 Å². The van der Waals surface area contributed by atoms with Gasteiger partial charge in [-0.25, -0.2) is 4.79 Å². The van der Waals surface area contributed by atoms with Crippen LogP contribution in [-0.4, -0.2) is 22.9 Å². The standard InChI is InChI=1S/C18H13Cl3N2O2/c1-25-18(24)7-5-16-14-8-12(19)4-6-17(14)23(22-16)10-11-2-3-13(20)9-15(11)21/h2-9H,10H2,1H3. The third kappa shape index (κ3) is 3.98. The topological polar surface area (TPSA) is 44.1 Å². The maximum Gasteiger partial charge on any atom is 0.330 e. The lowest BCUT2D eigenvalue weighted by atomic mass is 10.2. The summed E-state index contributed by atoms with van der Waals surface area (Å²) in [5, 5.41) is 7.13. The highest BCUT2D eigenvalue weighted by atomic mass is 35.5. The number of esters is 1. The van der Waals surface area contributed by atoms with Crippen LogP contribution in [0.5, 0.6) is 0 Å². The monoisotopic (exact) mass is 394 g/mol. The van der Waals surface area contributed by atoms with E-state index in [2.05, 4.69) is 9.84 Å². The van der Waals surface area contributed by atoms with Gasteiger partial charge in [-0.3, -0.25) is 4.68 Å². The average molecular weight is 396 g/mol. The molecule has 0 saturated carbocycles. The number of nitrogens with zero attached hydrogens (tertiary/aromatic N) is 2. The quantitative estimate of drug-likeness (QED) is 0.449. The molecule has 0 aliphatic rings. The lowest BCUT2D eigenvalue weighted by Gasteiger charge is -2.06. The van der Waals surface area contributed by atoms with E-state index in [1.807, 2.05) is 12.1 Å². The Morgan fingerprint density at radius 3 is 2.60 bits per heavy atom. The Labute approximate surface area is 159 Å². The molecule has 0 radical (unpaired) electrons. The molecule has 0 fully saturated rings. The molecule has 0 unspecified atom stereocenters. The smallest absolute Gasteiger partial charge is 0.330 e. The van der Waals surface area contributed by atoms with Crippen molar-refractivity contribution in [2.75, 3.05) is 7.11 Å². The molecule has 0 atom stereocenters. The summed E-state index contributed by atoms with van der Waals surface area (Å²) < 4.78 is 6.42. The number of ether oxygens (including phenoxy) is 1. The molecule has 1 heterocycles. The van der Waals surface area contributed by atoms with Crippen molar-refractivity contribution in [3.8, 4) is 0 Å². The zero-order valence-corrected chi connectivity index (χ0v) is 15.4. The van der Waals surface area contributed by atoms with Gasteiger partial charge in [-0.05, 0) is 42.0 Å². The number of halogens is 3. The van der Waals surface area contributed by atoms with Gasteiger partial charge in [0.2, 0.25) is 0 Å². The minimum atomic E-state index is -0.453. The average Bonchev–Trinajstić information content (AvgIpc) is 2.92. The van der Waals surface area contributed by atoms with Crippen LogP contribution in [0.25, 0.3) is 17.0 Å². The van der Waals surface area contributed by atoms with Crippen molar-refractivity contribution in [2.45, 2.75) is 6.54 Å². The first-order valence-corrected chi connectivity index (χ1v) is 8.47. The molecule has 7 heteroatoms. The molecule has 0 saturated heterocycles. The molecule has 3 aromatic rings. The lowest BCUT2D eigenvalue weighted by Crippen LogP contribution is -2.02. The maximum atomic E-state index is 11.4. The van der Waals surface area contributed by atoms with E-state index in [4.69, 9.17) is 34.8 Å². The fourth-order valence-corrected chi connectivity index (χ4v) is 3.09. The summed E-state index contributed by atoms with van der Waals surface area (Å²) in [6, 6.07) is 10.8. The molecule has 0 aliphatic carbocycles. The second-order valence-electron chi connectivity index (χ2n) is 5.30. The molecule has 3 rings (SSSR count). The Morgan fingerprint density at radius 2 is 1.88 bits per heavy atom. The third-order valence-corrected chi connectivity index (χ3v) is 4.48. The zero-order valence-electron chi connectivity index (χ0n) is 13.2. The fraction of sp³-hybridized carbons (Fsp3) is 0.111. The van der Waals surface area contributed by atoms with Crippen LogP contribution < -0.4 is 0 Å². The van der Waals surface area contributed by atoms with Crippen molar-refractivity contribution < 1.29 is 9.53 Å². The maximum absolute atomic E-state index is 11.4. The first-order valence-electron chi connectivity index (χ1n) is 7.34. The fourth-order valence-electron chi connectivity index (χ4n) is 2.45. The van der Waals surface area contributed by atoms with E-state index in [0.717, 1.165) is 16.5 Å². The molecule has 0 spiro atoms. The van der Waals surface area contributed by atoms with E-state index < -0.39 is 5.97 Å². The first kappa shape index (κ1) is 17.8. The molecular formula is C18H13Cl3N2O2. The molecule has 4 nitrogen and oxygen atoms in total. The Morgan fingerprint density at radius 1 is 1.16 bits per heavy atom. The molecule has 0 bridgehead atoms. The SMILES string of the molecule is COC(=O)C=Cc1nn(Cc2ccc(Cl)cc2Cl)c2ccc(Cl)cc12. The molecular weight excluding hydrogens is 383 g/mol. The highest BCUT2D eigenvalue weighted by Gasteiger charge is 2.12. The second-order valence-corrected chi connectivity index (χ2v) is 6.58. The van der Waals surface area contributed by atoms with Crippen LogP contribution in [0.1, 0.15) is 11.3 Å². The predicted octanol–water partition coefficient (Wildman–Crippen LogP) is 5.23. The molecule has 1 aromatic heterocycles. The second kappa shape index (κ2) is 7.48. The molecule has 0 N–H and O–H groups in total. The van der Waals surface area contributed by atoms with Crippen LogP contribution >= 0.6 is 34.8 Å². The van der Waals surface area contributed by atoms with Crippen LogP contribution in [0.4, 0.5) is 0 Å². The van der Waals surface area contributed by atoms with Gasteiger partial charge >= 0.3 is 5.97 Å². The van der Waals surface area contributed by atoms with Crippen molar-refractivity contribution in [2.24, 2.45) is 0 Å². The third-order valence-electron chi connectivity index (χ3n) is 3.65. The van der Waals surface area contributed by atoms with E-state index >= 15 is 0 Å². The van der Waals surface area contributed by atoms with Crippen LogP contribution in [-0.2, 0) is 16.1 Å². The summed E-state index contributed by atoms with van der Waals surface area (Å²) in [6.45, 7) is 0.459. The normalized spacial score (nSPS) is 11.4. The van der Waals surface area contributed by atoms with Gasteiger partial charge in [0.1, 0.15) is 0 Å². The number of rotatable bonds is 4. The van der Waals surface area contributed by atoms with Crippen molar-refractivity contribution in [1.82, 2.24) is 9.78 Å². The molecule has 0 amide bonds. The molecule has 0 aliphatic heterocycles. The lowest BCUT2D eigenvalue weighted by molar-refractivity contribution is -0.134.